The number of ether oxygens (including phenoxy) is 2. The fraction of sp³-hybridized carbons (Fsp3) is 0.350. The lowest BCUT2D eigenvalue weighted by Crippen LogP contribution is -2.55. The van der Waals surface area contributed by atoms with Crippen LogP contribution in [0.2, 0.25) is 0 Å². The van der Waals surface area contributed by atoms with Crippen molar-refractivity contribution in [3.05, 3.63) is 59.7 Å². The van der Waals surface area contributed by atoms with Crippen molar-refractivity contribution in [3.63, 3.8) is 0 Å². The van der Waals surface area contributed by atoms with Crippen LogP contribution in [0.3, 0.4) is 0 Å². The molecule has 0 aromatic heterocycles. The van der Waals surface area contributed by atoms with E-state index in [1.54, 1.807) is 14.2 Å². The van der Waals surface area contributed by atoms with Crippen LogP contribution in [-0.4, -0.2) is 31.1 Å². The van der Waals surface area contributed by atoms with Gasteiger partial charge >= 0.3 is 0 Å². The number of carbonyl (C=O) groups excluding carboxylic acids is 1. The molecule has 132 valence electrons. The Kier molecular flexibility index (Phi) is 5.35. The van der Waals surface area contributed by atoms with Crippen LogP contribution in [0.5, 0.6) is 11.5 Å². The minimum Gasteiger partial charge on any atom is -0.497 e. The highest BCUT2D eigenvalue weighted by molar-refractivity contribution is 8.13. The van der Waals surface area contributed by atoms with Gasteiger partial charge in [0.05, 0.1) is 25.8 Å². The third-order valence-electron chi connectivity index (χ3n) is 4.57. The minimum atomic E-state index is -0.352. The third kappa shape index (κ3) is 3.83. The monoisotopic (exact) mass is 357 g/mol. The summed E-state index contributed by atoms with van der Waals surface area (Å²) in [5.41, 5.74) is 1.84. The van der Waals surface area contributed by atoms with E-state index >= 15 is 0 Å². The SMILES string of the molecule is COc1ccc([C@]2(C)CSC(=O)[C@H](Cc3ccccc3)N2)c(OC)c1. The van der Waals surface area contributed by atoms with Gasteiger partial charge in [-0.25, -0.2) is 0 Å². The number of hydrogen-bond acceptors (Lipinski definition) is 5. The second kappa shape index (κ2) is 7.50. The van der Waals surface area contributed by atoms with Gasteiger partial charge < -0.3 is 9.47 Å². The number of methoxy groups -OCH3 is 2. The lowest BCUT2D eigenvalue weighted by molar-refractivity contribution is -0.113. The normalized spacial score (nSPS) is 23.3. The van der Waals surface area contributed by atoms with Gasteiger partial charge in [-0.2, -0.15) is 0 Å². The average molecular weight is 357 g/mol. The molecule has 2 aromatic rings. The van der Waals surface area contributed by atoms with Crippen molar-refractivity contribution in [1.29, 1.82) is 0 Å². The number of hydrogen-bond donors (Lipinski definition) is 1. The summed E-state index contributed by atoms with van der Waals surface area (Å²) in [7, 11) is 3.30. The van der Waals surface area contributed by atoms with Crippen LogP contribution >= 0.6 is 11.8 Å². The third-order valence-corrected chi connectivity index (χ3v) is 5.86. The zero-order chi connectivity index (χ0) is 17.9. The summed E-state index contributed by atoms with van der Waals surface area (Å²) in [6.45, 7) is 2.12. The summed E-state index contributed by atoms with van der Waals surface area (Å²) in [4.78, 5) is 12.4. The van der Waals surface area contributed by atoms with Gasteiger partial charge in [0.2, 0.25) is 5.12 Å². The van der Waals surface area contributed by atoms with Gasteiger partial charge in [-0.05, 0) is 31.0 Å². The number of nitrogens with one attached hydrogen (secondary N) is 1. The molecule has 4 nitrogen and oxygen atoms in total. The van der Waals surface area contributed by atoms with Gasteiger partial charge in [0, 0.05) is 17.4 Å². The van der Waals surface area contributed by atoms with E-state index in [2.05, 4.69) is 24.4 Å². The molecule has 1 fully saturated rings. The number of carbonyl (C=O) groups is 1. The summed E-state index contributed by atoms with van der Waals surface area (Å²) in [6, 6.07) is 15.7. The van der Waals surface area contributed by atoms with Gasteiger partial charge in [0.25, 0.3) is 0 Å². The largest absolute Gasteiger partial charge is 0.497 e. The summed E-state index contributed by atoms with van der Waals surface area (Å²) >= 11 is 1.39. The maximum absolute atomic E-state index is 12.4. The summed E-state index contributed by atoms with van der Waals surface area (Å²) in [6.07, 6.45) is 0.681. The Hall–Kier alpha value is -1.98. The molecule has 1 heterocycles. The minimum absolute atomic E-state index is 0.189. The topological polar surface area (TPSA) is 47.6 Å². The van der Waals surface area contributed by atoms with Crippen LogP contribution in [-0.2, 0) is 16.8 Å². The van der Waals surface area contributed by atoms with E-state index in [4.69, 9.17) is 9.47 Å². The molecule has 3 rings (SSSR count). The second-order valence-corrected chi connectivity index (χ2v) is 7.37. The van der Waals surface area contributed by atoms with Crippen LogP contribution in [0.15, 0.2) is 48.5 Å². The van der Waals surface area contributed by atoms with E-state index in [0.29, 0.717) is 12.2 Å². The first kappa shape index (κ1) is 17.8. The van der Waals surface area contributed by atoms with E-state index in [9.17, 15) is 4.79 Å². The summed E-state index contributed by atoms with van der Waals surface area (Å²) in [5.74, 6) is 2.19. The smallest absolute Gasteiger partial charge is 0.206 e. The van der Waals surface area contributed by atoms with Crippen LogP contribution < -0.4 is 14.8 Å². The van der Waals surface area contributed by atoms with Crippen LogP contribution in [0, 0.1) is 0 Å². The van der Waals surface area contributed by atoms with Crippen LogP contribution in [0.1, 0.15) is 18.1 Å². The van der Waals surface area contributed by atoms with Crippen molar-refractivity contribution in [2.45, 2.75) is 24.9 Å². The molecule has 0 amide bonds. The van der Waals surface area contributed by atoms with E-state index in [1.807, 2.05) is 36.4 Å². The molecular weight excluding hydrogens is 334 g/mol. The molecule has 1 aliphatic heterocycles. The number of benzene rings is 2. The lowest BCUT2D eigenvalue weighted by atomic mass is 9.90. The van der Waals surface area contributed by atoms with Crippen molar-refractivity contribution in [1.82, 2.24) is 5.32 Å². The molecule has 1 saturated heterocycles. The first-order chi connectivity index (χ1) is 12.1. The molecule has 0 unspecified atom stereocenters. The molecule has 25 heavy (non-hydrogen) atoms. The van der Waals surface area contributed by atoms with E-state index < -0.39 is 0 Å². The molecule has 0 bridgehead atoms. The Bertz CT molecular complexity index is 750. The molecule has 2 atom stereocenters. The Labute approximate surface area is 152 Å². The predicted molar refractivity (Wildman–Crippen MR) is 101 cm³/mol. The highest BCUT2D eigenvalue weighted by Crippen LogP contribution is 2.38. The van der Waals surface area contributed by atoms with Gasteiger partial charge in [0.15, 0.2) is 0 Å². The quantitative estimate of drug-likeness (QED) is 0.889. The Morgan fingerprint density at radius 1 is 1.16 bits per heavy atom. The number of thioether (sulfide) groups is 1. The fourth-order valence-corrected chi connectivity index (χ4v) is 4.21. The first-order valence-corrected chi connectivity index (χ1v) is 9.25. The van der Waals surface area contributed by atoms with Gasteiger partial charge in [-0.1, -0.05) is 42.1 Å². The second-order valence-electron chi connectivity index (χ2n) is 6.39. The molecule has 0 aliphatic carbocycles. The molecule has 5 heteroatoms. The fourth-order valence-electron chi connectivity index (χ4n) is 3.20. The zero-order valence-corrected chi connectivity index (χ0v) is 15.6. The Morgan fingerprint density at radius 2 is 1.92 bits per heavy atom. The van der Waals surface area contributed by atoms with Crippen LogP contribution in [0.4, 0.5) is 0 Å². The highest BCUT2D eigenvalue weighted by Gasteiger charge is 2.39. The van der Waals surface area contributed by atoms with Crippen molar-refractivity contribution in [2.24, 2.45) is 0 Å². The number of rotatable bonds is 5. The Morgan fingerprint density at radius 3 is 2.60 bits per heavy atom. The average Bonchev–Trinajstić information content (AvgIpc) is 2.65. The zero-order valence-electron chi connectivity index (χ0n) is 14.7. The van der Waals surface area contributed by atoms with Crippen molar-refractivity contribution < 1.29 is 14.3 Å². The molecule has 2 aromatic carbocycles. The van der Waals surface area contributed by atoms with Crippen LogP contribution in [0.25, 0.3) is 0 Å². The Balaban J connectivity index is 1.87. The lowest BCUT2D eigenvalue weighted by Gasteiger charge is -2.39. The van der Waals surface area contributed by atoms with Gasteiger partial charge in [-0.3, -0.25) is 10.1 Å². The predicted octanol–water partition coefficient (Wildman–Crippen LogP) is 3.39. The van der Waals surface area contributed by atoms with E-state index in [1.165, 1.54) is 11.8 Å². The standard InChI is InChI=1S/C20H23NO3S/c1-20(16-10-9-15(23-2)12-18(16)24-3)13-25-19(22)17(21-20)11-14-7-5-4-6-8-14/h4-10,12,17,21H,11,13H2,1-3H3/t17-,20-/m0/s1. The van der Waals surface area contributed by atoms with E-state index in [-0.39, 0.29) is 16.7 Å². The molecular formula is C20H23NO3S. The molecule has 0 spiro atoms. The van der Waals surface area contributed by atoms with Crippen molar-refractivity contribution >= 4 is 16.9 Å². The molecule has 1 N–H and O–H groups in total. The van der Waals surface area contributed by atoms with Crippen molar-refractivity contribution in [3.8, 4) is 11.5 Å². The highest BCUT2D eigenvalue weighted by atomic mass is 32.2. The summed E-state index contributed by atoms with van der Waals surface area (Å²) < 4.78 is 10.9. The maximum Gasteiger partial charge on any atom is 0.206 e. The van der Waals surface area contributed by atoms with Gasteiger partial charge in [-0.15, -0.1) is 0 Å². The van der Waals surface area contributed by atoms with Gasteiger partial charge in [0.1, 0.15) is 11.5 Å². The van der Waals surface area contributed by atoms with E-state index in [0.717, 1.165) is 22.6 Å². The van der Waals surface area contributed by atoms with Crippen molar-refractivity contribution in [2.75, 3.05) is 20.0 Å². The molecule has 1 aliphatic rings. The first-order valence-electron chi connectivity index (χ1n) is 8.26. The molecule has 0 saturated carbocycles. The maximum atomic E-state index is 12.4. The summed E-state index contributed by atoms with van der Waals surface area (Å²) in [5, 5.41) is 3.75. The molecule has 0 radical (unpaired) electrons.